The van der Waals surface area contributed by atoms with Gasteiger partial charge in [0, 0.05) is 6.20 Å². The quantitative estimate of drug-likeness (QED) is 0.875. The molecule has 1 atom stereocenters. The highest BCUT2D eigenvalue weighted by Crippen LogP contribution is 2.27. The van der Waals surface area contributed by atoms with Crippen molar-refractivity contribution >= 4 is 11.9 Å². The minimum absolute atomic E-state index is 0.0390. The first-order chi connectivity index (χ1) is 9.61. The summed E-state index contributed by atoms with van der Waals surface area (Å²) in [5.74, 6) is -1.93. The molecule has 0 bridgehead atoms. The number of aliphatic carboxylic acids is 1. The topological polar surface area (TPSA) is 79.3 Å². The molecule has 1 rings (SSSR count). The van der Waals surface area contributed by atoms with Crippen molar-refractivity contribution < 1.29 is 27.9 Å². The van der Waals surface area contributed by atoms with Gasteiger partial charge in [-0.25, -0.2) is 4.79 Å². The number of carbonyl (C=O) groups excluding carboxylic acids is 1. The Bertz CT molecular complexity index is 512. The molecule has 0 aliphatic carbocycles. The van der Waals surface area contributed by atoms with Gasteiger partial charge in [0.15, 0.2) is 0 Å². The van der Waals surface area contributed by atoms with E-state index in [1.807, 2.05) is 0 Å². The number of aromatic nitrogens is 1. The predicted octanol–water partition coefficient (Wildman–Crippen LogP) is 2.33. The smallest absolute Gasteiger partial charge is 0.433 e. The van der Waals surface area contributed by atoms with Crippen molar-refractivity contribution in [1.82, 2.24) is 10.3 Å². The summed E-state index contributed by atoms with van der Waals surface area (Å²) in [4.78, 5) is 26.0. The molecule has 5 nitrogen and oxygen atoms in total. The van der Waals surface area contributed by atoms with E-state index >= 15 is 0 Å². The molecule has 0 saturated carbocycles. The van der Waals surface area contributed by atoms with Gasteiger partial charge in [-0.3, -0.25) is 9.78 Å². The van der Waals surface area contributed by atoms with E-state index in [4.69, 9.17) is 5.11 Å². The third-order valence-electron chi connectivity index (χ3n) is 2.63. The molecule has 0 aliphatic rings. The number of carboxylic acids is 1. The molecule has 8 heteroatoms. The fourth-order valence-corrected chi connectivity index (χ4v) is 1.63. The van der Waals surface area contributed by atoms with Gasteiger partial charge in [-0.05, 0) is 24.5 Å². The Balaban J connectivity index is 2.81. The second-order valence-electron chi connectivity index (χ2n) is 4.92. The van der Waals surface area contributed by atoms with Crippen molar-refractivity contribution in [2.24, 2.45) is 5.92 Å². The lowest BCUT2D eigenvalue weighted by Crippen LogP contribution is -2.41. The summed E-state index contributed by atoms with van der Waals surface area (Å²) in [5.41, 5.74) is -1.24. The second-order valence-corrected chi connectivity index (χ2v) is 4.92. The van der Waals surface area contributed by atoms with Crippen LogP contribution in [0, 0.1) is 5.92 Å². The highest BCUT2D eigenvalue weighted by molar-refractivity contribution is 5.96. The molecule has 0 fully saturated rings. The number of nitrogens with one attached hydrogen (secondary N) is 1. The highest BCUT2D eigenvalue weighted by Gasteiger charge is 2.32. The van der Waals surface area contributed by atoms with E-state index in [0.717, 1.165) is 12.3 Å². The van der Waals surface area contributed by atoms with E-state index in [2.05, 4.69) is 10.3 Å². The molecule has 1 heterocycles. The zero-order valence-electron chi connectivity index (χ0n) is 11.4. The van der Waals surface area contributed by atoms with E-state index in [1.165, 1.54) is 0 Å². The largest absolute Gasteiger partial charge is 0.480 e. The van der Waals surface area contributed by atoms with Crippen molar-refractivity contribution in [2.75, 3.05) is 0 Å². The Labute approximate surface area is 119 Å². The number of alkyl halides is 3. The van der Waals surface area contributed by atoms with E-state index in [0.29, 0.717) is 6.07 Å². The van der Waals surface area contributed by atoms with Crippen LogP contribution in [-0.2, 0) is 11.0 Å². The molecule has 0 spiro atoms. The molecule has 21 heavy (non-hydrogen) atoms. The highest BCUT2D eigenvalue weighted by atomic mass is 19.4. The van der Waals surface area contributed by atoms with Crippen molar-refractivity contribution in [3.05, 3.63) is 29.6 Å². The molecule has 0 saturated heterocycles. The van der Waals surface area contributed by atoms with Crippen LogP contribution >= 0.6 is 0 Å². The van der Waals surface area contributed by atoms with Crippen molar-refractivity contribution in [3.8, 4) is 0 Å². The Kier molecular flexibility index (Phi) is 5.28. The maximum absolute atomic E-state index is 12.3. The molecule has 2 N–H and O–H groups in total. The predicted molar refractivity (Wildman–Crippen MR) is 67.6 cm³/mol. The number of halogens is 3. The zero-order valence-corrected chi connectivity index (χ0v) is 11.4. The SMILES string of the molecule is CC(C)CC(NC(=O)c1ccc(C(F)(F)F)nc1)C(=O)O. The molecule has 0 aromatic carbocycles. The molecule has 1 unspecified atom stereocenters. The summed E-state index contributed by atoms with van der Waals surface area (Å²) in [6.07, 6.45) is -3.60. The molecular weight excluding hydrogens is 289 g/mol. The summed E-state index contributed by atoms with van der Waals surface area (Å²) in [6, 6.07) is 0.534. The average molecular weight is 304 g/mol. The van der Waals surface area contributed by atoms with Crippen molar-refractivity contribution in [2.45, 2.75) is 32.5 Å². The first kappa shape index (κ1) is 16.9. The lowest BCUT2D eigenvalue weighted by molar-refractivity contribution is -0.141. The van der Waals surface area contributed by atoms with E-state index in [-0.39, 0.29) is 17.9 Å². The minimum atomic E-state index is -4.59. The number of amides is 1. The maximum Gasteiger partial charge on any atom is 0.433 e. The van der Waals surface area contributed by atoms with Crippen LogP contribution in [0.5, 0.6) is 0 Å². The fourth-order valence-electron chi connectivity index (χ4n) is 1.63. The van der Waals surface area contributed by atoms with Gasteiger partial charge in [-0.2, -0.15) is 13.2 Å². The van der Waals surface area contributed by atoms with Gasteiger partial charge in [0.2, 0.25) is 0 Å². The van der Waals surface area contributed by atoms with Crippen LogP contribution in [0.4, 0.5) is 13.2 Å². The maximum atomic E-state index is 12.3. The number of hydrogen-bond donors (Lipinski definition) is 2. The first-order valence-corrected chi connectivity index (χ1v) is 6.18. The van der Waals surface area contributed by atoms with Crippen LogP contribution in [0.15, 0.2) is 18.3 Å². The van der Waals surface area contributed by atoms with Gasteiger partial charge >= 0.3 is 12.1 Å². The van der Waals surface area contributed by atoms with Gasteiger partial charge in [-0.15, -0.1) is 0 Å². The normalized spacial score (nSPS) is 13.0. The number of nitrogens with zero attached hydrogens (tertiary/aromatic N) is 1. The third kappa shape index (κ3) is 5.05. The number of carboxylic acid groups (broad SMARTS) is 1. The van der Waals surface area contributed by atoms with Gasteiger partial charge in [-0.1, -0.05) is 13.8 Å². The Morgan fingerprint density at radius 3 is 2.33 bits per heavy atom. The summed E-state index contributed by atoms with van der Waals surface area (Å²) in [5, 5.41) is 11.3. The summed E-state index contributed by atoms with van der Waals surface area (Å²) >= 11 is 0. The van der Waals surface area contributed by atoms with E-state index < -0.39 is 29.8 Å². The summed E-state index contributed by atoms with van der Waals surface area (Å²) in [7, 11) is 0. The first-order valence-electron chi connectivity index (χ1n) is 6.18. The van der Waals surface area contributed by atoms with E-state index in [1.54, 1.807) is 13.8 Å². The van der Waals surface area contributed by atoms with Crippen LogP contribution < -0.4 is 5.32 Å². The standard InChI is InChI=1S/C13H15F3N2O3/c1-7(2)5-9(12(20)21)18-11(19)8-3-4-10(17-6-8)13(14,15)16/h3-4,6-7,9H,5H2,1-2H3,(H,18,19)(H,20,21). The minimum Gasteiger partial charge on any atom is -0.480 e. The summed E-state index contributed by atoms with van der Waals surface area (Å²) < 4.78 is 37.0. The molecule has 1 amide bonds. The molecular formula is C13H15F3N2O3. The van der Waals surface area contributed by atoms with Crippen molar-refractivity contribution in [1.29, 1.82) is 0 Å². The molecule has 116 valence electrons. The molecule has 1 aromatic heterocycles. The van der Waals surface area contributed by atoms with Crippen LogP contribution in [0.1, 0.15) is 36.3 Å². The summed E-state index contributed by atoms with van der Waals surface area (Å²) in [6.45, 7) is 3.59. The van der Waals surface area contributed by atoms with E-state index in [9.17, 15) is 22.8 Å². The fraction of sp³-hybridized carbons (Fsp3) is 0.462. The Morgan fingerprint density at radius 1 is 1.33 bits per heavy atom. The van der Waals surface area contributed by atoms with Crippen LogP contribution in [0.3, 0.4) is 0 Å². The second kappa shape index (κ2) is 6.55. The molecule has 0 aliphatic heterocycles. The van der Waals surface area contributed by atoms with Gasteiger partial charge in [0.1, 0.15) is 11.7 Å². The van der Waals surface area contributed by atoms with Gasteiger partial charge in [0.05, 0.1) is 5.56 Å². The average Bonchev–Trinajstić information content (AvgIpc) is 2.36. The van der Waals surface area contributed by atoms with Crippen LogP contribution in [0.2, 0.25) is 0 Å². The Morgan fingerprint density at radius 2 is 1.95 bits per heavy atom. The van der Waals surface area contributed by atoms with Crippen LogP contribution in [-0.4, -0.2) is 28.0 Å². The van der Waals surface area contributed by atoms with Crippen molar-refractivity contribution in [3.63, 3.8) is 0 Å². The molecule has 1 aromatic rings. The number of carbonyl (C=O) groups is 2. The zero-order chi connectivity index (χ0) is 16.2. The third-order valence-corrected chi connectivity index (χ3v) is 2.63. The Hall–Kier alpha value is -2.12. The number of hydrogen-bond acceptors (Lipinski definition) is 3. The lowest BCUT2D eigenvalue weighted by Gasteiger charge is -2.16. The van der Waals surface area contributed by atoms with Crippen LogP contribution in [0.25, 0.3) is 0 Å². The molecule has 0 radical (unpaired) electrons. The van der Waals surface area contributed by atoms with Gasteiger partial charge < -0.3 is 10.4 Å². The van der Waals surface area contributed by atoms with Gasteiger partial charge in [0.25, 0.3) is 5.91 Å². The monoisotopic (exact) mass is 304 g/mol. The lowest BCUT2D eigenvalue weighted by atomic mass is 10.0. The number of pyridine rings is 1. The number of rotatable bonds is 5.